The second kappa shape index (κ2) is 6.37. The number of nitro benzene ring substituents is 1. The first kappa shape index (κ1) is 14.5. The van der Waals surface area contributed by atoms with E-state index in [1.807, 2.05) is 6.92 Å². The number of aliphatic hydroxyl groups excluding tert-OH is 1. The summed E-state index contributed by atoms with van der Waals surface area (Å²) in [7, 11) is 0. The predicted octanol–water partition coefficient (Wildman–Crippen LogP) is 2.97. The van der Waals surface area contributed by atoms with Crippen molar-refractivity contribution >= 4 is 17.3 Å². The van der Waals surface area contributed by atoms with Gasteiger partial charge in [-0.3, -0.25) is 10.1 Å². The van der Waals surface area contributed by atoms with E-state index in [4.69, 9.17) is 17.3 Å². The summed E-state index contributed by atoms with van der Waals surface area (Å²) in [6.07, 6.45) is 2.65. The van der Waals surface area contributed by atoms with E-state index in [9.17, 15) is 15.2 Å². The van der Waals surface area contributed by atoms with E-state index >= 15 is 0 Å². The molecule has 1 unspecified atom stereocenters. The second-order valence-electron chi connectivity index (χ2n) is 3.88. The van der Waals surface area contributed by atoms with Crippen LogP contribution in [0.4, 0.5) is 5.69 Å². The van der Waals surface area contributed by atoms with Crippen LogP contribution in [0.1, 0.15) is 18.9 Å². The highest BCUT2D eigenvalue weighted by molar-refractivity contribution is 6.31. The molecule has 1 aromatic carbocycles. The summed E-state index contributed by atoms with van der Waals surface area (Å²) in [6.45, 7) is 1.89. The summed E-state index contributed by atoms with van der Waals surface area (Å²) in [5.41, 5.74) is 6.40. The van der Waals surface area contributed by atoms with Crippen LogP contribution in [0.3, 0.4) is 0 Å². The summed E-state index contributed by atoms with van der Waals surface area (Å²) < 4.78 is 0. The quantitative estimate of drug-likeness (QED) is 0.489. The fourth-order valence-corrected chi connectivity index (χ4v) is 1.77. The highest BCUT2D eigenvalue weighted by Crippen LogP contribution is 2.24. The monoisotopic (exact) mass is 270 g/mol. The number of nitrogens with two attached hydrogens (primary N) is 1. The van der Waals surface area contributed by atoms with Crippen molar-refractivity contribution in [3.8, 4) is 0 Å². The van der Waals surface area contributed by atoms with Crippen molar-refractivity contribution in [2.75, 3.05) is 0 Å². The highest BCUT2D eigenvalue weighted by atomic mass is 35.5. The molecule has 0 spiro atoms. The largest absolute Gasteiger partial charge is 0.511 e. The van der Waals surface area contributed by atoms with Crippen molar-refractivity contribution in [1.82, 2.24) is 0 Å². The summed E-state index contributed by atoms with van der Waals surface area (Å²) in [5, 5.41) is 20.4. The Hall–Kier alpha value is -1.59. The lowest BCUT2D eigenvalue weighted by Crippen LogP contribution is -2.25. The van der Waals surface area contributed by atoms with E-state index in [-0.39, 0.29) is 16.5 Å². The van der Waals surface area contributed by atoms with Crippen LogP contribution >= 0.6 is 11.6 Å². The Labute approximate surface area is 110 Å². The van der Waals surface area contributed by atoms with E-state index in [1.54, 1.807) is 12.1 Å². The van der Waals surface area contributed by atoms with Crippen molar-refractivity contribution < 1.29 is 10.0 Å². The third-order valence-corrected chi connectivity index (χ3v) is 2.83. The SMILES string of the molecule is CC/C=C(/O)C(N)Cc1ccc([N+](=O)[O-])cc1Cl. The van der Waals surface area contributed by atoms with E-state index in [1.165, 1.54) is 12.1 Å². The lowest BCUT2D eigenvalue weighted by atomic mass is 10.0. The molecule has 0 fully saturated rings. The molecule has 18 heavy (non-hydrogen) atoms. The Morgan fingerprint density at radius 3 is 2.83 bits per heavy atom. The normalized spacial score (nSPS) is 13.4. The van der Waals surface area contributed by atoms with Crippen molar-refractivity contribution in [2.45, 2.75) is 25.8 Å². The molecule has 1 aromatic rings. The topological polar surface area (TPSA) is 89.4 Å². The second-order valence-corrected chi connectivity index (χ2v) is 4.29. The standard InChI is InChI=1S/C12H15ClN2O3/c1-2-3-12(16)11(14)6-8-4-5-9(15(17)18)7-10(8)13/h3-5,7,11,16H,2,6,14H2,1H3/b12-3+. The Morgan fingerprint density at radius 2 is 2.33 bits per heavy atom. The maximum atomic E-state index is 10.6. The van der Waals surface area contributed by atoms with Crippen molar-refractivity contribution in [3.05, 3.63) is 50.7 Å². The number of nitrogens with zero attached hydrogens (tertiary/aromatic N) is 1. The lowest BCUT2D eigenvalue weighted by Gasteiger charge is -2.12. The smallest absolute Gasteiger partial charge is 0.270 e. The van der Waals surface area contributed by atoms with Crippen LogP contribution in [0.2, 0.25) is 5.02 Å². The Bertz CT molecular complexity index is 474. The molecule has 98 valence electrons. The first-order valence-electron chi connectivity index (χ1n) is 5.53. The van der Waals surface area contributed by atoms with Crippen molar-refractivity contribution in [1.29, 1.82) is 0 Å². The van der Waals surface area contributed by atoms with Gasteiger partial charge in [0, 0.05) is 12.1 Å². The van der Waals surface area contributed by atoms with Crippen LogP contribution in [0.25, 0.3) is 0 Å². The van der Waals surface area contributed by atoms with Gasteiger partial charge in [-0.05, 0) is 24.5 Å². The average molecular weight is 271 g/mol. The van der Waals surface area contributed by atoms with Gasteiger partial charge >= 0.3 is 0 Å². The molecule has 0 aliphatic heterocycles. The Morgan fingerprint density at radius 1 is 1.67 bits per heavy atom. The third-order valence-electron chi connectivity index (χ3n) is 2.48. The highest BCUT2D eigenvalue weighted by Gasteiger charge is 2.14. The van der Waals surface area contributed by atoms with Crippen LogP contribution in [0.5, 0.6) is 0 Å². The van der Waals surface area contributed by atoms with Crippen LogP contribution in [-0.4, -0.2) is 16.1 Å². The molecule has 6 heteroatoms. The maximum absolute atomic E-state index is 10.6. The third kappa shape index (κ3) is 3.72. The molecule has 0 aromatic heterocycles. The number of allylic oxidation sites excluding steroid dienone is 1. The molecule has 1 atom stereocenters. The summed E-state index contributed by atoms with van der Waals surface area (Å²) >= 11 is 5.94. The first-order chi connectivity index (χ1) is 8.45. The molecule has 0 saturated heterocycles. The Kier molecular flexibility index (Phi) is 5.12. The minimum atomic E-state index is -0.552. The fourth-order valence-electron chi connectivity index (χ4n) is 1.52. The van der Waals surface area contributed by atoms with Gasteiger partial charge in [-0.1, -0.05) is 24.6 Å². The molecule has 0 aliphatic rings. The molecular formula is C12H15ClN2O3. The van der Waals surface area contributed by atoms with Gasteiger partial charge < -0.3 is 10.8 Å². The lowest BCUT2D eigenvalue weighted by molar-refractivity contribution is -0.384. The molecule has 0 saturated carbocycles. The summed E-state index contributed by atoms with van der Waals surface area (Å²) in [4.78, 5) is 10.0. The van der Waals surface area contributed by atoms with Crippen LogP contribution in [-0.2, 0) is 6.42 Å². The minimum absolute atomic E-state index is 0.0642. The van der Waals surface area contributed by atoms with Gasteiger partial charge in [0.2, 0.25) is 0 Å². The number of benzene rings is 1. The maximum Gasteiger partial charge on any atom is 0.270 e. The molecular weight excluding hydrogens is 256 g/mol. The van der Waals surface area contributed by atoms with Gasteiger partial charge in [0.15, 0.2) is 0 Å². The van der Waals surface area contributed by atoms with E-state index in [2.05, 4.69) is 0 Å². The van der Waals surface area contributed by atoms with Gasteiger partial charge in [-0.25, -0.2) is 0 Å². The first-order valence-corrected chi connectivity index (χ1v) is 5.91. The van der Waals surface area contributed by atoms with E-state index in [0.717, 1.165) is 0 Å². The number of hydrogen-bond acceptors (Lipinski definition) is 4. The molecule has 0 radical (unpaired) electrons. The zero-order valence-electron chi connectivity index (χ0n) is 9.97. The van der Waals surface area contributed by atoms with E-state index < -0.39 is 11.0 Å². The molecule has 0 aliphatic carbocycles. The molecule has 1 rings (SSSR count). The minimum Gasteiger partial charge on any atom is -0.511 e. The summed E-state index contributed by atoms with van der Waals surface area (Å²) in [5.74, 6) is 0.104. The number of hydrogen-bond donors (Lipinski definition) is 2. The predicted molar refractivity (Wildman–Crippen MR) is 70.8 cm³/mol. The Balaban J connectivity index is 2.86. The van der Waals surface area contributed by atoms with Crippen molar-refractivity contribution in [2.24, 2.45) is 5.73 Å². The fraction of sp³-hybridized carbons (Fsp3) is 0.333. The number of rotatable bonds is 5. The van der Waals surface area contributed by atoms with Gasteiger partial charge in [0.1, 0.15) is 5.76 Å². The number of halogens is 1. The van der Waals surface area contributed by atoms with Crippen molar-refractivity contribution in [3.63, 3.8) is 0 Å². The summed E-state index contributed by atoms with van der Waals surface area (Å²) in [6, 6.07) is 3.65. The van der Waals surface area contributed by atoms with E-state index in [0.29, 0.717) is 18.4 Å². The number of aliphatic hydroxyl groups is 1. The van der Waals surface area contributed by atoms with Gasteiger partial charge in [0.25, 0.3) is 5.69 Å². The van der Waals surface area contributed by atoms with Crippen LogP contribution in [0, 0.1) is 10.1 Å². The number of non-ortho nitro benzene ring substituents is 1. The molecule has 0 amide bonds. The molecule has 0 bridgehead atoms. The zero-order chi connectivity index (χ0) is 13.7. The average Bonchev–Trinajstić information content (AvgIpc) is 2.31. The molecule has 0 heterocycles. The van der Waals surface area contributed by atoms with Gasteiger partial charge in [-0.2, -0.15) is 0 Å². The molecule has 3 N–H and O–H groups in total. The van der Waals surface area contributed by atoms with Gasteiger partial charge in [0.05, 0.1) is 16.0 Å². The van der Waals surface area contributed by atoms with Crippen LogP contribution in [0.15, 0.2) is 30.0 Å². The van der Waals surface area contributed by atoms with Gasteiger partial charge in [-0.15, -0.1) is 0 Å². The zero-order valence-corrected chi connectivity index (χ0v) is 10.7. The van der Waals surface area contributed by atoms with Crippen LogP contribution < -0.4 is 5.73 Å². The molecule has 5 nitrogen and oxygen atoms in total. The number of nitro groups is 1.